The number of aromatic amines is 1. The van der Waals surface area contributed by atoms with Crippen LogP contribution in [0.15, 0.2) is 35.6 Å². The highest BCUT2D eigenvalue weighted by Crippen LogP contribution is 2.13. The Morgan fingerprint density at radius 2 is 1.90 bits per heavy atom. The average molecular weight is 273 g/mol. The number of rotatable bonds is 3. The van der Waals surface area contributed by atoms with E-state index in [4.69, 9.17) is 0 Å². The highest BCUT2D eigenvalue weighted by atomic mass is 19.1. The molecular weight excluding hydrogens is 257 g/mol. The van der Waals surface area contributed by atoms with Gasteiger partial charge in [-0.05, 0) is 50.6 Å². The monoisotopic (exact) mass is 273 g/mol. The van der Waals surface area contributed by atoms with Crippen LogP contribution in [0.3, 0.4) is 0 Å². The summed E-state index contributed by atoms with van der Waals surface area (Å²) in [6.45, 7) is 5.75. The molecule has 2 rings (SSSR count). The topological polar surface area (TPSA) is 57.2 Å². The molecule has 2 aromatic rings. The van der Waals surface area contributed by atoms with Crippen molar-refractivity contribution in [3.63, 3.8) is 0 Å². The fourth-order valence-corrected chi connectivity index (χ4v) is 2.07. The SMILES string of the molecule is C/C(=N\NC(=O)c1ccc(F)cc1)c1c(C)c[nH]c1C. The summed E-state index contributed by atoms with van der Waals surface area (Å²) in [6, 6.07) is 5.32. The number of nitrogens with one attached hydrogen (secondary N) is 2. The molecule has 0 aliphatic carbocycles. The van der Waals surface area contributed by atoms with Crippen LogP contribution in [0.25, 0.3) is 0 Å². The second-order valence-electron chi connectivity index (χ2n) is 4.62. The summed E-state index contributed by atoms with van der Waals surface area (Å²) in [7, 11) is 0. The maximum Gasteiger partial charge on any atom is 0.271 e. The van der Waals surface area contributed by atoms with Crippen molar-refractivity contribution in [1.82, 2.24) is 10.4 Å². The zero-order chi connectivity index (χ0) is 14.7. The highest BCUT2D eigenvalue weighted by Gasteiger charge is 2.09. The molecule has 0 radical (unpaired) electrons. The molecule has 104 valence electrons. The number of H-pyrrole nitrogens is 1. The van der Waals surface area contributed by atoms with E-state index in [1.807, 2.05) is 27.0 Å². The van der Waals surface area contributed by atoms with Gasteiger partial charge in [-0.3, -0.25) is 4.79 Å². The number of hydrogen-bond donors (Lipinski definition) is 2. The molecule has 5 heteroatoms. The van der Waals surface area contributed by atoms with Crippen LogP contribution in [-0.2, 0) is 0 Å². The molecule has 1 aromatic heterocycles. The molecular formula is C15H16FN3O. The van der Waals surface area contributed by atoms with Crippen LogP contribution < -0.4 is 5.43 Å². The zero-order valence-corrected chi connectivity index (χ0v) is 11.6. The number of carbonyl (C=O) groups is 1. The molecule has 1 aromatic carbocycles. The summed E-state index contributed by atoms with van der Waals surface area (Å²) < 4.78 is 12.8. The lowest BCUT2D eigenvalue weighted by Crippen LogP contribution is -2.19. The van der Waals surface area contributed by atoms with Crippen LogP contribution in [0.4, 0.5) is 4.39 Å². The summed E-state index contributed by atoms with van der Waals surface area (Å²) in [5, 5.41) is 4.09. The molecule has 0 saturated heterocycles. The van der Waals surface area contributed by atoms with Crippen LogP contribution in [0.5, 0.6) is 0 Å². The largest absolute Gasteiger partial charge is 0.364 e. The highest BCUT2D eigenvalue weighted by molar-refractivity contribution is 6.02. The molecule has 0 bridgehead atoms. The maximum atomic E-state index is 12.8. The number of halogens is 1. The van der Waals surface area contributed by atoms with Crippen LogP contribution in [-0.4, -0.2) is 16.6 Å². The number of aryl methyl sites for hydroxylation is 2. The average Bonchev–Trinajstić information content (AvgIpc) is 2.76. The van der Waals surface area contributed by atoms with Crippen LogP contribution in [0.1, 0.15) is 34.1 Å². The van der Waals surface area contributed by atoms with Crippen molar-refractivity contribution in [2.45, 2.75) is 20.8 Å². The molecule has 0 saturated carbocycles. The Morgan fingerprint density at radius 3 is 2.45 bits per heavy atom. The first-order valence-corrected chi connectivity index (χ1v) is 6.24. The van der Waals surface area contributed by atoms with E-state index in [2.05, 4.69) is 15.5 Å². The number of hydrogen-bond acceptors (Lipinski definition) is 2. The minimum absolute atomic E-state index is 0.366. The van der Waals surface area contributed by atoms with Crippen LogP contribution >= 0.6 is 0 Å². The Balaban J connectivity index is 2.13. The number of carbonyl (C=O) groups excluding carboxylic acids is 1. The van der Waals surface area contributed by atoms with E-state index in [1.54, 1.807) is 0 Å². The number of amides is 1. The predicted molar refractivity (Wildman–Crippen MR) is 76.3 cm³/mol. The fraction of sp³-hybridized carbons (Fsp3) is 0.200. The Morgan fingerprint density at radius 1 is 1.25 bits per heavy atom. The van der Waals surface area contributed by atoms with Gasteiger partial charge in [0.15, 0.2) is 0 Å². The van der Waals surface area contributed by atoms with Crippen molar-refractivity contribution in [1.29, 1.82) is 0 Å². The van der Waals surface area contributed by atoms with Crippen molar-refractivity contribution in [3.05, 3.63) is 58.7 Å². The third kappa shape index (κ3) is 2.93. The van der Waals surface area contributed by atoms with Crippen LogP contribution in [0.2, 0.25) is 0 Å². The van der Waals surface area contributed by atoms with Crippen molar-refractivity contribution >= 4 is 11.6 Å². The minimum atomic E-state index is -0.375. The third-order valence-corrected chi connectivity index (χ3v) is 3.07. The molecule has 1 heterocycles. The molecule has 2 N–H and O–H groups in total. The maximum absolute atomic E-state index is 12.8. The van der Waals surface area contributed by atoms with Gasteiger partial charge >= 0.3 is 0 Å². The molecule has 0 aliphatic rings. The lowest BCUT2D eigenvalue weighted by molar-refractivity contribution is 0.0955. The van der Waals surface area contributed by atoms with Gasteiger partial charge in [-0.1, -0.05) is 0 Å². The second kappa shape index (κ2) is 5.69. The van der Waals surface area contributed by atoms with Gasteiger partial charge in [-0.2, -0.15) is 5.10 Å². The number of hydrazone groups is 1. The molecule has 20 heavy (non-hydrogen) atoms. The van der Waals surface area contributed by atoms with E-state index in [1.165, 1.54) is 24.3 Å². The normalized spacial score (nSPS) is 11.5. The van der Waals surface area contributed by atoms with Gasteiger partial charge in [0, 0.05) is 23.0 Å². The first kappa shape index (κ1) is 14.0. The van der Waals surface area contributed by atoms with Crippen LogP contribution in [0, 0.1) is 19.7 Å². The van der Waals surface area contributed by atoms with E-state index < -0.39 is 0 Å². The van der Waals surface area contributed by atoms with E-state index in [0.29, 0.717) is 5.56 Å². The Hall–Kier alpha value is -2.43. The lowest BCUT2D eigenvalue weighted by Gasteiger charge is -2.04. The van der Waals surface area contributed by atoms with Crippen molar-refractivity contribution in [2.24, 2.45) is 5.10 Å². The summed E-state index contributed by atoms with van der Waals surface area (Å²) in [6.07, 6.45) is 1.89. The minimum Gasteiger partial charge on any atom is -0.364 e. The van der Waals surface area contributed by atoms with Gasteiger partial charge in [-0.25, -0.2) is 9.82 Å². The molecule has 0 fully saturated rings. The first-order chi connectivity index (χ1) is 9.49. The number of nitrogens with zero attached hydrogens (tertiary/aromatic N) is 1. The second-order valence-corrected chi connectivity index (χ2v) is 4.62. The predicted octanol–water partition coefficient (Wildman–Crippen LogP) is 2.92. The molecule has 1 amide bonds. The molecule has 0 aliphatic heterocycles. The van der Waals surface area contributed by atoms with Gasteiger partial charge in [0.2, 0.25) is 0 Å². The van der Waals surface area contributed by atoms with Crippen molar-refractivity contribution in [3.8, 4) is 0 Å². The summed E-state index contributed by atoms with van der Waals surface area (Å²) in [4.78, 5) is 15.0. The summed E-state index contributed by atoms with van der Waals surface area (Å²) >= 11 is 0. The standard InChI is InChI=1S/C15H16FN3O/c1-9-8-17-10(2)14(9)11(3)18-19-15(20)12-4-6-13(16)7-5-12/h4-8,17H,1-3H3,(H,19,20)/b18-11+. The van der Waals surface area contributed by atoms with E-state index in [9.17, 15) is 9.18 Å². The van der Waals surface area contributed by atoms with Crippen molar-refractivity contribution in [2.75, 3.05) is 0 Å². The Kier molecular flexibility index (Phi) is 3.98. The zero-order valence-electron chi connectivity index (χ0n) is 11.6. The van der Waals surface area contributed by atoms with Gasteiger partial charge in [0.05, 0.1) is 5.71 Å². The Labute approximate surface area is 116 Å². The van der Waals surface area contributed by atoms with E-state index in [0.717, 1.165) is 22.5 Å². The molecule has 4 nitrogen and oxygen atoms in total. The van der Waals surface area contributed by atoms with Gasteiger partial charge in [-0.15, -0.1) is 0 Å². The third-order valence-electron chi connectivity index (χ3n) is 3.07. The number of aromatic nitrogens is 1. The van der Waals surface area contributed by atoms with E-state index in [-0.39, 0.29) is 11.7 Å². The Bertz CT molecular complexity index is 637. The molecule has 0 spiro atoms. The quantitative estimate of drug-likeness (QED) is 0.655. The summed E-state index contributed by atoms with van der Waals surface area (Å²) in [5.74, 6) is -0.741. The lowest BCUT2D eigenvalue weighted by atomic mass is 10.1. The first-order valence-electron chi connectivity index (χ1n) is 6.24. The van der Waals surface area contributed by atoms with Gasteiger partial charge in [0.1, 0.15) is 5.82 Å². The van der Waals surface area contributed by atoms with E-state index >= 15 is 0 Å². The molecule has 0 atom stereocenters. The number of benzene rings is 1. The molecule has 0 unspecified atom stereocenters. The summed E-state index contributed by atoms with van der Waals surface area (Å²) in [5.41, 5.74) is 6.62. The van der Waals surface area contributed by atoms with Gasteiger partial charge in [0.25, 0.3) is 5.91 Å². The fourth-order valence-electron chi connectivity index (χ4n) is 2.07. The van der Waals surface area contributed by atoms with Gasteiger partial charge < -0.3 is 4.98 Å². The van der Waals surface area contributed by atoms with Crippen molar-refractivity contribution < 1.29 is 9.18 Å². The smallest absolute Gasteiger partial charge is 0.271 e.